The molecule has 3 aromatic rings. The fourth-order valence-electron chi connectivity index (χ4n) is 2.94. The van der Waals surface area contributed by atoms with Gasteiger partial charge in [0.15, 0.2) is 0 Å². The molecule has 0 bridgehead atoms. The Hall–Kier alpha value is -1.92. The van der Waals surface area contributed by atoms with E-state index >= 15 is 0 Å². The summed E-state index contributed by atoms with van der Waals surface area (Å²) in [6, 6.07) is 8.39. The standard InChI is InChI=1S/C18H19N3OS2/c1-2-6-14(7-3-1)20-18-21(19-12-15-8-4-10-22-15)16(13-24-18)17-9-5-11-23-17/h4-5,8-14H,1-3,6-7H2. The third kappa shape index (κ3) is 3.44. The van der Waals surface area contributed by atoms with E-state index in [1.165, 1.54) is 37.0 Å². The summed E-state index contributed by atoms with van der Waals surface area (Å²) in [5, 5.41) is 8.89. The number of hydrogen-bond acceptors (Lipinski definition) is 5. The monoisotopic (exact) mass is 357 g/mol. The van der Waals surface area contributed by atoms with Crippen LogP contribution in [0.1, 0.15) is 37.9 Å². The van der Waals surface area contributed by atoms with Crippen LogP contribution in [0.25, 0.3) is 10.6 Å². The maximum absolute atomic E-state index is 5.36. The number of furan rings is 1. The van der Waals surface area contributed by atoms with Crippen LogP contribution in [-0.2, 0) is 0 Å². The minimum Gasteiger partial charge on any atom is -0.463 e. The molecular formula is C18H19N3OS2. The zero-order valence-electron chi connectivity index (χ0n) is 13.3. The van der Waals surface area contributed by atoms with Crippen LogP contribution < -0.4 is 4.80 Å². The minimum atomic E-state index is 0.429. The van der Waals surface area contributed by atoms with E-state index in [9.17, 15) is 0 Å². The van der Waals surface area contributed by atoms with Crippen molar-refractivity contribution in [3.05, 3.63) is 51.9 Å². The van der Waals surface area contributed by atoms with Crippen LogP contribution in [0.3, 0.4) is 0 Å². The first-order chi connectivity index (χ1) is 11.9. The largest absolute Gasteiger partial charge is 0.463 e. The molecule has 0 radical (unpaired) electrons. The average molecular weight is 358 g/mol. The zero-order valence-corrected chi connectivity index (χ0v) is 14.9. The Morgan fingerprint density at radius 1 is 1.12 bits per heavy atom. The van der Waals surface area contributed by atoms with Crippen molar-refractivity contribution >= 4 is 28.9 Å². The predicted molar refractivity (Wildman–Crippen MR) is 99.8 cm³/mol. The van der Waals surface area contributed by atoms with Gasteiger partial charge in [-0.05, 0) is 36.4 Å². The molecule has 3 aromatic heterocycles. The second-order valence-corrected chi connectivity index (χ2v) is 7.66. The van der Waals surface area contributed by atoms with Crippen molar-refractivity contribution < 1.29 is 4.42 Å². The van der Waals surface area contributed by atoms with E-state index in [-0.39, 0.29) is 0 Å². The van der Waals surface area contributed by atoms with Gasteiger partial charge < -0.3 is 4.42 Å². The van der Waals surface area contributed by atoms with Gasteiger partial charge in [0, 0.05) is 5.38 Å². The molecule has 0 atom stereocenters. The highest BCUT2D eigenvalue weighted by atomic mass is 32.1. The Bertz CT molecular complexity index is 851. The van der Waals surface area contributed by atoms with Gasteiger partial charge in [0.25, 0.3) is 0 Å². The summed E-state index contributed by atoms with van der Waals surface area (Å²) in [7, 11) is 0. The second kappa shape index (κ2) is 7.32. The Kier molecular flexibility index (Phi) is 4.76. The number of nitrogens with zero attached hydrogens (tertiary/aromatic N) is 3. The van der Waals surface area contributed by atoms with Crippen LogP contribution in [0.15, 0.2) is 55.8 Å². The van der Waals surface area contributed by atoms with Crippen molar-refractivity contribution in [2.75, 3.05) is 0 Å². The van der Waals surface area contributed by atoms with Crippen LogP contribution in [0.5, 0.6) is 0 Å². The van der Waals surface area contributed by atoms with Gasteiger partial charge in [-0.3, -0.25) is 4.99 Å². The highest BCUT2D eigenvalue weighted by Gasteiger charge is 2.14. The van der Waals surface area contributed by atoms with Gasteiger partial charge in [-0.2, -0.15) is 5.10 Å². The first-order valence-corrected chi connectivity index (χ1v) is 10.0. The van der Waals surface area contributed by atoms with E-state index in [0.29, 0.717) is 6.04 Å². The lowest BCUT2D eigenvalue weighted by Gasteiger charge is -2.16. The maximum atomic E-state index is 5.36. The molecule has 0 amide bonds. The fourth-order valence-corrected chi connectivity index (χ4v) is 4.64. The third-order valence-electron chi connectivity index (χ3n) is 4.17. The zero-order chi connectivity index (χ0) is 16.2. The summed E-state index contributed by atoms with van der Waals surface area (Å²) in [6.07, 6.45) is 9.70. The highest BCUT2D eigenvalue weighted by Crippen LogP contribution is 2.26. The predicted octanol–water partition coefficient (Wildman–Crippen LogP) is 4.99. The topological polar surface area (TPSA) is 42.8 Å². The molecular weight excluding hydrogens is 338 g/mol. The number of rotatable bonds is 4. The average Bonchev–Trinajstić information content (AvgIpc) is 3.36. The maximum Gasteiger partial charge on any atom is 0.206 e. The first kappa shape index (κ1) is 15.6. The Labute approximate surface area is 148 Å². The minimum absolute atomic E-state index is 0.429. The van der Waals surface area contributed by atoms with Crippen LogP contribution >= 0.6 is 22.7 Å². The molecule has 0 saturated heterocycles. The molecule has 0 N–H and O–H groups in total. The second-order valence-electron chi connectivity index (χ2n) is 5.87. The van der Waals surface area contributed by atoms with Gasteiger partial charge in [-0.15, -0.1) is 22.7 Å². The van der Waals surface area contributed by atoms with Crippen LogP contribution in [-0.4, -0.2) is 16.9 Å². The summed E-state index contributed by atoms with van der Waals surface area (Å²) in [5.74, 6) is 0.745. The fraction of sp³-hybridized carbons (Fsp3) is 0.333. The number of aromatic nitrogens is 1. The van der Waals surface area contributed by atoms with E-state index in [4.69, 9.17) is 9.41 Å². The van der Waals surface area contributed by atoms with Gasteiger partial charge in [0.05, 0.1) is 29.1 Å². The summed E-state index contributed by atoms with van der Waals surface area (Å²) in [4.78, 5) is 7.16. The number of hydrogen-bond donors (Lipinski definition) is 0. The normalized spacial score (nSPS) is 17.1. The molecule has 6 heteroatoms. The molecule has 24 heavy (non-hydrogen) atoms. The van der Waals surface area contributed by atoms with Crippen molar-refractivity contribution in [1.29, 1.82) is 0 Å². The SMILES string of the molecule is C(=Nn1c(-c2cccs2)csc1=NC1CCCCC1)c1ccco1. The molecule has 4 nitrogen and oxygen atoms in total. The van der Waals surface area contributed by atoms with Gasteiger partial charge in [0.1, 0.15) is 5.76 Å². The molecule has 0 aliphatic heterocycles. The van der Waals surface area contributed by atoms with Crippen molar-refractivity contribution in [2.24, 2.45) is 10.1 Å². The van der Waals surface area contributed by atoms with Crippen molar-refractivity contribution in [3.8, 4) is 10.6 Å². The number of thiophene rings is 1. The van der Waals surface area contributed by atoms with Crippen LogP contribution in [0.2, 0.25) is 0 Å². The molecule has 124 valence electrons. The molecule has 0 aromatic carbocycles. The number of thiazole rings is 1. The lowest BCUT2D eigenvalue weighted by atomic mass is 9.96. The first-order valence-electron chi connectivity index (χ1n) is 8.26. The molecule has 1 aliphatic rings. The molecule has 1 saturated carbocycles. The molecule has 1 fully saturated rings. The van der Waals surface area contributed by atoms with E-state index in [0.717, 1.165) is 16.3 Å². The van der Waals surface area contributed by atoms with E-state index < -0.39 is 0 Å². The van der Waals surface area contributed by atoms with Crippen LogP contribution in [0, 0.1) is 0 Å². The summed E-state index contributed by atoms with van der Waals surface area (Å²) in [6.45, 7) is 0. The Morgan fingerprint density at radius 3 is 2.79 bits per heavy atom. The Morgan fingerprint density at radius 2 is 2.04 bits per heavy atom. The van der Waals surface area contributed by atoms with Gasteiger partial charge >= 0.3 is 0 Å². The lowest BCUT2D eigenvalue weighted by Crippen LogP contribution is -2.18. The van der Waals surface area contributed by atoms with Gasteiger partial charge in [-0.1, -0.05) is 25.3 Å². The van der Waals surface area contributed by atoms with Crippen molar-refractivity contribution in [2.45, 2.75) is 38.1 Å². The van der Waals surface area contributed by atoms with Crippen molar-refractivity contribution in [3.63, 3.8) is 0 Å². The lowest BCUT2D eigenvalue weighted by molar-refractivity contribution is 0.435. The molecule has 0 spiro atoms. The molecule has 1 aliphatic carbocycles. The van der Waals surface area contributed by atoms with E-state index in [2.05, 4.69) is 28.0 Å². The van der Waals surface area contributed by atoms with Crippen LogP contribution in [0.4, 0.5) is 0 Å². The Balaban J connectivity index is 1.74. The van der Waals surface area contributed by atoms with E-state index in [1.807, 2.05) is 16.8 Å². The third-order valence-corrected chi connectivity index (χ3v) is 5.89. The summed E-state index contributed by atoms with van der Waals surface area (Å²) >= 11 is 3.38. The smallest absolute Gasteiger partial charge is 0.206 e. The van der Waals surface area contributed by atoms with Crippen molar-refractivity contribution in [1.82, 2.24) is 4.68 Å². The molecule has 3 heterocycles. The van der Waals surface area contributed by atoms with E-state index in [1.54, 1.807) is 35.2 Å². The molecule has 0 unspecified atom stereocenters. The van der Waals surface area contributed by atoms with Gasteiger partial charge in [-0.25, -0.2) is 4.68 Å². The van der Waals surface area contributed by atoms with Gasteiger partial charge in [0.2, 0.25) is 4.80 Å². The summed E-state index contributed by atoms with van der Waals surface area (Å²) in [5.41, 5.74) is 1.09. The summed E-state index contributed by atoms with van der Waals surface area (Å²) < 4.78 is 7.32. The molecule has 4 rings (SSSR count). The quantitative estimate of drug-likeness (QED) is 0.607. The highest BCUT2D eigenvalue weighted by molar-refractivity contribution is 7.14.